The summed E-state index contributed by atoms with van der Waals surface area (Å²) in [6.07, 6.45) is 4.30. The predicted molar refractivity (Wildman–Crippen MR) is 111 cm³/mol. The fraction of sp³-hybridized carbons (Fsp3) is 0.348. The number of anilines is 1. The van der Waals surface area contributed by atoms with E-state index in [2.05, 4.69) is 5.32 Å². The van der Waals surface area contributed by atoms with Crippen molar-refractivity contribution in [2.75, 3.05) is 18.4 Å². The summed E-state index contributed by atoms with van der Waals surface area (Å²) >= 11 is 0. The number of aryl methyl sites for hydroxylation is 2. The standard InChI is InChI=1S/C23H26N2O4/c26-21(13-7-17-3-9-19(10-4-17)23(28)29)24-20-11-5-18(6-12-20)8-14-22(27)25-15-1-2-16-25/h3-6,9-12H,1-2,7-8,13-16H2,(H,24,26)(H,28,29). The Morgan fingerprint density at radius 2 is 1.38 bits per heavy atom. The fourth-order valence-electron chi connectivity index (χ4n) is 3.43. The van der Waals surface area contributed by atoms with Gasteiger partial charge in [0.15, 0.2) is 0 Å². The van der Waals surface area contributed by atoms with Crippen molar-refractivity contribution in [3.63, 3.8) is 0 Å². The van der Waals surface area contributed by atoms with Gasteiger partial charge in [-0.2, -0.15) is 0 Å². The van der Waals surface area contributed by atoms with Crippen molar-refractivity contribution in [1.29, 1.82) is 0 Å². The van der Waals surface area contributed by atoms with E-state index < -0.39 is 5.97 Å². The van der Waals surface area contributed by atoms with Crippen LogP contribution in [0.25, 0.3) is 0 Å². The molecule has 0 saturated carbocycles. The number of carboxylic acids is 1. The van der Waals surface area contributed by atoms with Crippen molar-refractivity contribution in [3.8, 4) is 0 Å². The molecule has 3 rings (SSSR count). The molecule has 0 radical (unpaired) electrons. The summed E-state index contributed by atoms with van der Waals surface area (Å²) in [7, 11) is 0. The molecule has 0 spiro atoms. The Bertz CT molecular complexity index is 853. The first-order valence-electron chi connectivity index (χ1n) is 10.00. The van der Waals surface area contributed by atoms with E-state index in [0.717, 1.165) is 42.7 Å². The van der Waals surface area contributed by atoms with Crippen LogP contribution < -0.4 is 5.32 Å². The highest BCUT2D eigenvalue weighted by Gasteiger charge is 2.17. The van der Waals surface area contributed by atoms with Gasteiger partial charge in [0.2, 0.25) is 11.8 Å². The van der Waals surface area contributed by atoms with Crippen molar-refractivity contribution in [3.05, 3.63) is 65.2 Å². The van der Waals surface area contributed by atoms with Crippen LogP contribution in [0, 0.1) is 0 Å². The number of likely N-dealkylation sites (tertiary alicyclic amines) is 1. The number of carbonyl (C=O) groups is 3. The van der Waals surface area contributed by atoms with Crippen LogP contribution in [0.1, 0.15) is 47.2 Å². The number of nitrogens with one attached hydrogen (secondary N) is 1. The lowest BCUT2D eigenvalue weighted by atomic mass is 10.1. The third-order valence-electron chi connectivity index (χ3n) is 5.17. The van der Waals surface area contributed by atoms with Crippen LogP contribution in [0.4, 0.5) is 5.69 Å². The smallest absolute Gasteiger partial charge is 0.335 e. The molecule has 1 fully saturated rings. The topological polar surface area (TPSA) is 86.7 Å². The largest absolute Gasteiger partial charge is 0.478 e. The maximum atomic E-state index is 12.2. The number of hydrogen-bond acceptors (Lipinski definition) is 3. The minimum Gasteiger partial charge on any atom is -0.478 e. The van der Waals surface area contributed by atoms with E-state index in [9.17, 15) is 14.4 Å². The van der Waals surface area contributed by atoms with Gasteiger partial charge in [0.05, 0.1) is 5.56 Å². The first-order chi connectivity index (χ1) is 14.0. The second-order valence-electron chi connectivity index (χ2n) is 7.34. The molecule has 2 aromatic carbocycles. The Morgan fingerprint density at radius 3 is 1.97 bits per heavy atom. The van der Waals surface area contributed by atoms with Gasteiger partial charge in [-0.1, -0.05) is 24.3 Å². The Balaban J connectivity index is 1.42. The van der Waals surface area contributed by atoms with Crippen LogP contribution in [0.15, 0.2) is 48.5 Å². The van der Waals surface area contributed by atoms with Crippen LogP contribution in [0.5, 0.6) is 0 Å². The normalized spacial score (nSPS) is 13.3. The van der Waals surface area contributed by atoms with Gasteiger partial charge in [-0.3, -0.25) is 9.59 Å². The van der Waals surface area contributed by atoms with Crippen molar-refractivity contribution in [2.45, 2.75) is 38.5 Å². The number of amides is 2. The minimum absolute atomic E-state index is 0.0933. The third-order valence-corrected chi connectivity index (χ3v) is 5.17. The van der Waals surface area contributed by atoms with E-state index in [4.69, 9.17) is 5.11 Å². The zero-order valence-corrected chi connectivity index (χ0v) is 16.4. The Kier molecular flexibility index (Phi) is 7.00. The average Bonchev–Trinajstić information content (AvgIpc) is 3.27. The number of benzene rings is 2. The number of aromatic carboxylic acids is 1. The van der Waals surface area contributed by atoms with Crippen molar-refractivity contribution in [1.82, 2.24) is 4.90 Å². The summed E-state index contributed by atoms with van der Waals surface area (Å²) in [5.74, 6) is -0.835. The van der Waals surface area contributed by atoms with Gasteiger partial charge in [-0.25, -0.2) is 4.79 Å². The molecule has 0 aromatic heterocycles. The third kappa shape index (κ3) is 6.17. The fourth-order valence-corrected chi connectivity index (χ4v) is 3.43. The lowest BCUT2D eigenvalue weighted by Gasteiger charge is -2.15. The number of rotatable bonds is 8. The molecule has 2 N–H and O–H groups in total. The van der Waals surface area contributed by atoms with Crippen LogP contribution in [-0.4, -0.2) is 40.9 Å². The summed E-state index contributed by atoms with van der Waals surface area (Å²) in [6.45, 7) is 1.76. The van der Waals surface area contributed by atoms with Crippen LogP contribution in [0.3, 0.4) is 0 Å². The molecule has 2 amide bonds. The van der Waals surface area contributed by atoms with Gasteiger partial charge < -0.3 is 15.3 Å². The summed E-state index contributed by atoms with van der Waals surface area (Å²) in [5, 5.41) is 11.8. The van der Waals surface area contributed by atoms with Gasteiger partial charge >= 0.3 is 5.97 Å². The second-order valence-corrected chi connectivity index (χ2v) is 7.34. The van der Waals surface area contributed by atoms with E-state index in [1.807, 2.05) is 29.2 Å². The Hall–Kier alpha value is -3.15. The Labute approximate surface area is 170 Å². The zero-order valence-electron chi connectivity index (χ0n) is 16.4. The predicted octanol–water partition coefficient (Wildman–Crippen LogP) is 3.51. The molecule has 29 heavy (non-hydrogen) atoms. The SMILES string of the molecule is O=C(CCc1ccc(C(=O)O)cc1)Nc1ccc(CCC(=O)N2CCCC2)cc1. The van der Waals surface area contributed by atoms with E-state index in [-0.39, 0.29) is 17.4 Å². The molecule has 152 valence electrons. The maximum Gasteiger partial charge on any atom is 0.335 e. The van der Waals surface area contributed by atoms with E-state index in [1.54, 1.807) is 24.3 Å². The second kappa shape index (κ2) is 9.87. The van der Waals surface area contributed by atoms with Crippen LogP contribution >= 0.6 is 0 Å². The summed E-state index contributed by atoms with van der Waals surface area (Å²) in [5.41, 5.74) is 2.96. The molecule has 1 aliphatic rings. The van der Waals surface area contributed by atoms with Gasteiger partial charge in [-0.05, 0) is 61.1 Å². The summed E-state index contributed by atoms with van der Waals surface area (Å²) < 4.78 is 0. The maximum absolute atomic E-state index is 12.2. The molecular weight excluding hydrogens is 368 g/mol. The van der Waals surface area contributed by atoms with Crippen molar-refractivity contribution >= 4 is 23.5 Å². The minimum atomic E-state index is -0.960. The van der Waals surface area contributed by atoms with Crippen molar-refractivity contribution < 1.29 is 19.5 Å². The van der Waals surface area contributed by atoms with Gasteiger partial charge in [0.1, 0.15) is 0 Å². The molecule has 2 aromatic rings. The first kappa shape index (κ1) is 20.6. The van der Waals surface area contributed by atoms with E-state index >= 15 is 0 Å². The first-order valence-corrected chi connectivity index (χ1v) is 10.00. The van der Waals surface area contributed by atoms with E-state index in [1.165, 1.54) is 0 Å². The average molecular weight is 394 g/mol. The Morgan fingerprint density at radius 1 is 0.828 bits per heavy atom. The molecular formula is C23H26N2O4. The quantitative estimate of drug-likeness (QED) is 0.717. The molecule has 0 unspecified atom stereocenters. The highest BCUT2D eigenvalue weighted by Crippen LogP contribution is 2.15. The van der Waals surface area contributed by atoms with Crippen LogP contribution in [0.2, 0.25) is 0 Å². The van der Waals surface area contributed by atoms with Gasteiger partial charge in [-0.15, -0.1) is 0 Å². The van der Waals surface area contributed by atoms with Crippen LogP contribution in [-0.2, 0) is 22.4 Å². The van der Waals surface area contributed by atoms with Gasteiger partial charge in [0.25, 0.3) is 0 Å². The lowest BCUT2D eigenvalue weighted by molar-refractivity contribution is -0.130. The molecule has 0 bridgehead atoms. The van der Waals surface area contributed by atoms with E-state index in [0.29, 0.717) is 25.7 Å². The number of carboxylic acid groups (broad SMARTS) is 1. The summed E-state index contributed by atoms with van der Waals surface area (Å²) in [6, 6.07) is 14.1. The van der Waals surface area contributed by atoms with Crippen molar-refractivity contribution in [2.24, 2.45) is 0 Å². The zero-order chi connectivity index (χ0) is 20.6. The molecule has 6 nitrogen and oxygen atoms in total. The number of carbonyl (C=O) groups excluding carboxylic acids is 2. The van der Waals surface area contributed by atoms with Gasteiger partial charge in [0, 0.05) is 31.6 Å². The monoisotopic (exact) mass is 394 g/mol. The molecule has 1 heterocycles. The summed E-state index contributed by atoms with van der Waals surface area (Å²) in [4.78, 5) is 37.1. The lowest BCUT2D eigenvalue weighted by Crippen LogP contribution is -2.27. The molecule has 6 heteroatoms. The molecule has 0 atom stereocenters. The highest BCUT2D eigenvalue weighted by molar-refractivity contribution is 5.91. The molecule has 0 aliphatic carbocycles. The number of hydrogen-bond donors (Lipinski definition) is 2. The molecule has 1 aliphatic heterocycles. The highest BCUT2D eigenvalue weighted by atomic mass is 16.4. The number of nitrogens with zero attached hydrogens (tertiary/aromatic N) is 1. The molecule has 1 saturated heterocycles.